The normalized spacial score (nSPS) is 12.9. The van der Waals surface area contributed by atoms with Crippen LogP contribution in [0.25, 0.3) is 0 Å². The fraction of sp³-hybridized carbons (Fsp3) is 0.455. The molecule has 0 aliphatic heterocycles. The summed E-state index contributed by atoms with van der Waals surface area (Å²) in [7, 11) is 0. The minimum atomic E-state index is -0.703. The van der Waals surface area contributed by atoms with E-state index in [0.717, 1.165) is 12.1 Å². The first-order valence-electron chi connectivity index (χ1n) is 4.84. The second kappa shape index (κ2) is 5.07. The molecular weight excluding hydrogens is 200 g/mol. The summed E-state index contributed by atoms with van der Waals surface area (Å²) in [6, 6.07) is 3.04. The summed E-state index contributed by atoms with van der Waals surface area (Å²) in [6.45, 7) is 4.13. The second-order valence-electron chi connectivity index (χ2n) is 3.79. The number of benzene rings is 1. The van der Waals surface area contributed by atoms with Gasteiger partial charge >= 0.3 is 0 Å². The van der Waals surface area contributed by atoms with E-state index in [0.29, 0.717) is 0 Å². The predicted molar refractivity (Wildman–Crippen MR) is 54.7 cm³/mol. The first-order valence-corrected chi connectivity index (χ1v) is 4.84. The molecule has 15 heavy (non-hydrogen) atoms. The maximum absolute atomic E-state index is 13.1. The zero-order chi connectivity index (χ0) is 11.4. The van der Waals surface area contributed by atoms with Crippen LogP contribution in [0.2, 0.25) is 0 Å². The fourth-order valence-corrected chi connectivity index (χ4v) is 0.971. The largest absolute Gasteiger partial charge is 0.489 e. The Morgan fingerprint density at radius 2 is 2.00 bits per heavy atom. The van der Waals surface area contributed by atoms with Gasteiger partial charge in [0.1, 0.15) is 12.4 Å². The molecule has 0 saturated carbocycles. The van der Waals surface area contributed by atoms with Gasteiger partial charge in [0.25, 0.3) is 0 Å². The Morgan fingerprint density at radius 1 is 1.33 bits per heavy atom. The third kappa shape index (κ3) is 3.47. The number of hydrogen-bond donors (Lipinski definition) is 1. The molecule has 2 N–H and O–H groups in total. The maximum Gasteiger partial charge on any atom is 0.167 e. The summed E-state index contributed by atoms with van der Waals surface area (Å²) >= 11 is 0. The van der Waals surface area contributed by atoms with Crippen molar-refractivity contribution in [3.05, 3.63) is 29.8 Å². The van der Waals surface area contributed by atoms with Crippen molar-refractivity contribution in [3.63, 3.8) is 0 Å². The Balaban J connectivity index is 2.58. The molecule has 0 heterocycles. The minimum absolute atomic E-state index is 0.0347. The van der Waals surface area contributed by atoms with Crippen LogP contribution >= 0.6 is 0 Å². The lowest BCUT2D eigenvalue weighted by atomic mass is 10.1. The molecule has 0 fully saturated rings. The fourth-order valence-electron chi connectivity index (χ4n) is 0.971. The van der Waals surface area contributed by atoms with Gasteiger partial charge in [-0.2, -0.15) is 0 Å². The molecule has 0 aliphatic carbocycles. The molecule has 4 heteroatoms. The molecule has 0 saturated heterocycles. The van der Waals surface area contributed by atoms with E-state index in [1.807, 2.05) is 13.8 Å². The van der Waals surface area contributed by atoms with Gasteiger partial charge in [-0.15, -0.1) is 0 Å². The SMILES string of the molecule is CC(C)[C@H](N)COc1ccc(F)cc1F. The molecule has 0 spiro atoms. The molecule has 0 aliphatic rings. The van der Waals surface area contributed by atoms with E-state index in [1.54, 1.807) is 0 Å². The Labute approximate surface area is 88.0 Å². The highest BCUT2D eigenvalue weighted by atomic mass is 19.1. The van der Waals surface area contributed by atoms with Crippen LogP contribution in [0.1, 0.15) is 13.8 Å². The molecule has 0 unspecified atom stereocenters. The molecule has 1 aromatic carbocycles. The van der Waals surface area contributed by atoms with Crippen LogP contribution in [0.3, 0.4) is 0 Å². The van der Waals surface area contributed by atoms with Gasteiger partial charge in [-0.05, 0) is 18.1 Å². The lowest BCUT2D eigenvalue weighted by molar-refractivity contribution is 0.249. The van der Waals surface area contributed by atoms with Crippen molar-refractivity contribution in [2.75, 3.05) is 6.61 Å². The lowest BCUT2D eigenvalue weighted by Gasteiger charge is -2.16. The van der Waals surface area contributed by atoms with Crippen LogP contribution in [0.15, 0.2) is 18.2 Å². The molecular formula is C11H15F2NO. The van der Waals surface area contributed by atoms with Gasteiger partial charge in [-0.1, -0.05) is 13.8 Å². The molecule has 0 amide bonds. The molecule has 84 valence electrons. The minimum Gasteiger partial charge on any atom is -0.489 e. The van der Waals surface area contributed by atoms with Crippen molar-refractivity contribution < 1.29 is 13.5 Å². The van der Waals surface area contributed by atoms with Crippen molar-refractivity contribution in [1.82, 2.24) is 0 Å². The van der Waals surface area contributed by atoms with Gasteiger partial charge in [-0.25, -0.2) is 8.78 Å². The average Bonchev–Trinajstić information content (AvgIpc) is 2.15. The number of halogens is 2. The summed E-state index contributed by atoms with van der Waals surface area (Å²) in [4.78, 5) is 0. The first kappa shape index (κ1) is 11.9. The Morgan fingerprint density at radius 3 is 2.53 bits per heavy atom. The van der Waals surface area contributed by atoms with E-state index in [1.165, 1.54) is 6.07 Å². The van der Waals surface area contributed by atoms with Crippen LogP contribution in [0, 0.1) is 17.6 Å². The van der Waals surface area contributed by atoms with Gasteiger partial charge in [0, 0.05) is 12.1 Å². The summed E-state index contributed by atoms with van der Waals surface area (Å²) in [5, 5.41) is 0. The third-order valence-electron chi connectivity index (χ3n) is 2.18. The van der Waals surface area contributed by atoms with Gasteiger partial charge < -0.3 is 10.5 Å². The van der Waals surface area contributed by atoms with Gasteiger partial charge in [-0.3, -0.25) is 0 Å². The number of rotatable bonds is 4. The van der Waals surface area contributed by atoms with Crippen LogP contribution in [0.4, 0.5) is 8.78 Å². The summed E-state index contributed by atoms with van der Waals surface area (Å²) in [5.41, 5.74) is 5.72. The Kier molecular flexibility index (Phi) is 4.03. The van der Waals surface area contributed by atoms with E-state index in [4.69, 9.17) is 10.5 Å². The topological polar surface area (TPSA) is 35.2 Å². The van der Waals surface area contributed by atoms with Gasteiger partial charge in [0.05, 0.1) is 0 Å². The van der Waals surface area contributed by atoms with Gasteiger partial charge in [0.15, 0.2) is 11.6 Å². The summed E-state index contributed by atoms with van der Waals surface area (Å²) in [6.07, 6.45) is 0. The van der Waals surface area contributed by atoms with E-state index in [-0.39, 0.29) is 24.3 Å². The van der Waals surface area contributed by atoms with Crippen LogP contribution in [0.5, 0.6) is 5.75 Å². The molecule has 0 bridgehead atoms. The van der Waals surface area contributed by atoms with Crippen LogP contribution in [-0.4, -0.2) is 12.6 Å². The van der Waals surface area contributed by atoms with E-state index in [9.17, 15) is 8.78 Å². The van der Waals surface area contributed by atoms with Crippen molar-refractivity contribution in [1.29, 1.82) is 0 Å². The standard InChI is InChI=1S/C11H15F2NO/c1-7(2)10(14)6-15-11-4-3-8(12)5-9(11)13/h3-5,7,10H,6,14H2,1-2H3/t10-/m1/s1. The Hall–Kier alpha value is -1.16. The first-order chi connectivity index (χ1) is 7.00. The van der Waals surface area contributed by atoms with Crippen LogP contribution in [-0.2, 0) is 0 Å². The molecule has 0 aromatic heterocycles. The predicted octanol–water partition coefficient (Wildman–Crippen LogP) is 2.33. The van der Waals surface area contributed by atoms with Crippen molar-refractivity contribution in [2.45, 2.75) is 19.9 Å². The summed E-state index contributed by atoms with van der Waals surface area (Å²) in [5.74, 6) is -1.03. The average molecular weight is 215 g/mol. The number of hydrogen-bond acceptors (Lipinski definition) is 2. The lowest BCUT2D eigenvalue weighted by Crippen LogP contribution is -2.33. The monoisotopic (exact) mass is 215 g/mol. The van der Waals surface area contributed by atoms with Crippen LogP contribution < -0.4 is 10.5 Å². The van der Waals surface area contributed by atoms with E-state index < -0.39 is 11.6 Å². The smallest absolute Gasteiger partial charge is 0.167 e. The van der Waals surface area contributed by atoms with E-state index in [2.05, 4.69) is 0 Å². The molecule has 0 radical (unpaired) electrons. The molecule has 2 nitrogen and oxygen atoms in total. The third-order valence-corrected chi connectivity index (χ3v) is 2.18. The highest BCUT2D eigenvalue weighted by Crippen LogP contribution is 2.17. The van der Waals surface area contributed by atoms with E-state index >= 15 is 0 Å². The zero-order valence-corrected chi connectivity index (χ0v) is 8.84. The van der Waals surface area contributed by atoms with Crippen molar-refractivity contribution >= 4 is 0 Å². The summed E-state index contributed by atoms with van der Waals surface area (Å²) < 4.78 is 30.8. The highest BCUT2D eigenvalue weighted by molar-refractivity contribution is 5.24. The van der Waals surface area contributed by atoms with Crippen molar-refractivity contribution in [2.24, 2.45) is 11.7 Å². The second-order valence-corrected chi connectivity index (χ2v) is 3.79. The zero-order valence-electron chi connectivity index (χ0n) is 8.84. The van der Waals surface area contributed by atoms with Crippen molar-refractivity contribution in [3.8, 4) is 5.75 Å². The van der Waals surface area contributed by atoms with Gasteiger partial charge in [0.2, 0.25) is 0 Å². The number of nitrogens with two attached hydrogens (primary N) is 1. The molecule has 1 atom stereocenters. The highest BCUT2D eigenvalue weighted by Gasteiger charge is 2.10. The quantitative estimate of drug-likeness (QED) is 0.836. The number of ether oxygens (including phenoxy) is 1. The Bertz CT molecular complexity index is 328. The molecule has 1 rings (SSSR count). The maximum atomic E-state index is 13.1. The molecule has 1 aromatic rings.